The number of nitrogens with zero attached hydrogens (tertiary/aromatic N) is 1. The molecule has 0 radical (unpaired) electrons. The maximum Gasteiger partial charge on any atom is 0.119 e. The van der Waals surface area contributed by atoms with Crippen molar-refractivity contribution in [2.75, 3.05) is 11.0 Å². The number of halogens is 2. The molecule has 0 amide bonds. The van der Waals surface area contributed by atoms with Gasteiger partial charge in [0.1, 0.15) is 16.6 Å². The van der Waals surface area contributed by atoms with Crippen LogP contribution >= 0.6 is 33.9 Å². The van der Waals surface area contributed by atoms with Crippen molar-refractivity contribution in [1.29, 1.82) is 0 Å². The van der Waals surface area contributed by atoms with E-state index in [9.17, 15) is 4.39 Å². The van der Waals surface area contributed by atoms with Crippen molar-refractivity contribution < 1.29 is 9.13 Å². The number of ether oxygens (including phenoxy) is 1. The summed E-state index contributed by atoms with van der Waals surface area (Å²) in [5.41, 5.74) is 5.19. The van der Waals surface area contributed by atoms with Gasteiger partial charge in [-0.3, -0.25) is 0 Å². The smallest absolute Gasteiger partial charge is 0.119 e. The summed E-state index contributed by atoms with van der Waals surface area (Å²) < 4.78 is 20.4. The Kier molecular flexibility index (Phi) is 5.97. The molecule has 1 heterocycles. The van der Waals surface area contributed by atoms with Crippen molar-refractivity contribution in [2.24, 2.45) is 0 Å². The zero-order valence-corrected chi connectivity index (χ0v) is 18.4. The second kappa shape index (κ2) is 8.43. The van der Waals surface area contributed by atoms with E-state index >= 15 is 0 Å². The van der Waals surface area contributed by atoms with Crippen LogP contribution in [0.2, 0.25) is 0 Å². The Morgan fingerprint density at radius 1 is 1.26 bits per heavy atom. The Balaban J connectivity index is 1.37. The van der Waals surface area contributed by atoms with Gasteiger partial charge in [-0.15, -0.1) is 11.3 Å². The van der Waals surface area contributed by atoms with Gasteiger partial charge in [-0.2, -0.15) is 0 Å². The molecule has 0 bridgehead atoms. The van der Waals surface area contributed by atoms with E-state index in [1.54, 1.807) is 17.4 Å². The summed E-state index contributed by atoms with van der Waals surface area (Å²) in [7, 11) is 0. The molecule has 2 aliphatic rings. The minimum Gasteiger partial charge on any atom is -0.493 e. The lowest BCUT2D eigenvalue weighted by Gasteiger charge is -2.10. The summed E-state index contributed by atoms with van der Waals surface area (Å²) in [5, 5.41) is 1.02. The van der Waals surface area contributed by atoms with Crippen molar-refractivity contribution in [3.8, 4) is 5.75 Å². The van der Waals surface area contributed by atoms with Gasteiger partial charge in [0.25, 0.3) is 0 Å². The summed E-state index contributed by atoms with van der Waals surface area (Å²) in [6.45, 7) is 2.74. The fourth-order valence-electron chi connectivity index (χ4n) is 3.79. The van der Waals surface area contributed by atoms with Gasteiger partial charge < -0.3 is 4.74 Å². The number of aryl methyl sites for hydroxylation is 2. The Morgan fingerprint density at radius 2 is 2.15 bits per heavy atom. The predicted octanol–water partition coefficient (Wildman–Crippen LogP) is 6.57. The first kappa shape index (κ1) is 19.1. The van der Waals surface area contributed by atoms with Gasteiger partial charge in [0.05, 0.1) is 12.3 Å². The summed E-state index contributed by atoms with van der Waals surface area (Å²) in [5.74, 6) is 1.63. The molecule has 4 rings (SSSR count). The van der Waals surface area contributed by atoms with E-state index in [0.717, 1.165) is 34.9 Å². The highest BCUT2D eigenvalue weighted by Gasteiger charge is 2.21. The summed E-state index contributed by atoms with van der Waals surface area (Å²) in [4.78, 5) is 6.01. The van der Waals surface area contributed by atoms with E-state index in [2.05, 4.69) is 47.7 Å². The highest BCUT2D eigenvalue weighted by atomic mass is 127. The molecule has 2 aliphatic carbocycles. The molecular weight excluding hydrogens is 472 g/mol. The monoisotopic (exact) mass is 495 g/mol. The van der Waals surface area contributed by atoms with Crippen molar-refractivity contribution in [3.63, 3.8) is 0 Å². The van der Waals surface area contributed by atoms with Crippen LogP contribution in [0.4, 0.5) is 4.39 Å². The average Bonchev–Trinajstić information content (AvgIpc) is 3.25. The Bertz CT molecular complexity index is 902. The zero-order valence-electron chi connectivity index (χ0n) is 15.4. The van der Waals surface area contributed by atoms with Crippen LogP contribution in [-0.4, -0.2) is 16.0 Å². The molecule has 0 spiro atoms. The van der Waals surface area contributed by atoms with Gasteiger partial charge in [-0.05, 0) is 67.0 Å². The predicted molar refractivity (Wildman–Crippen MR) is 119 cm³/mol. The first-order valence-corrected chi connectivity index (χ1v) is 11.8. The lowest BCUT2D eigenvalue weighted by Crippen LogP contribution is -2.03. The van der Waals surface area contributed by atoms with Crippen LogP contribution < -0.4 is 4.74 Å². The van der Waals surface area contributed by atoms with Crippen LogP contribution in [0.1, 0.15) is 51.9 Å². The first-order chi connectivity index (χ1) is 13.1. The number of thiazole rings is 1. The van der Waals surface area contributed by atoms with E-state index in [-0.39, 0.29) is 5.83 Å². The molecule has 2 nitrogen and oxygen atoms in total. The van der Waals surface area contributed by atoms with Crippen LogP contribution in [0.25, 0.3) is 5.57 Å². The number of fused-ring (bicyclic) bond motifs is 1. The molecule has 1 aromatic heterocycles. The van der Waals surface area contributed by atoms with Gasteiger partial charge >= 0.3 is 0 Å². The molecule has 0 saturated carbocycles. The van der Waals surface area contributed by atoms with Crippen LogP contribution in [0.15, 0.2) is 36.2 Å². The second-order valence-electron chi connectivity index (χ2n) is 7.18. The van der Waals surface area contributed by atoms with Crippen LogP contribution in [0, 0.1) is 6.92 Å². The standard InChI is InChI=1S/C22H23FINOS/c1-14-21(25-22(27-14)15-4-6-18(23)7-5-15)10-11-26-19-8-9-20-16(12-19)2-3-17(20)13-24/h4,6,8-9,12,17H,2-3,5,7,10-11,13H2,1H3/t17-/m0/s1. The fourth-order valence-corrected chi connectivity index (χ4v) is 5.71. The third-order valence-electron chi connectivity index (χ3n) is 5.38. The third-order valence-corrected chi connectivity index (χ3v) is 7.53. The molecule has 0 aliphatic heterocycles. The normalized spacial score (nSPS) is 18.9. The minimum absolute atomic E-state index is 0.0418. The molecule has 5 heteroatoms. The maximum atomic E-state index is 13.2. The van der Waals surface area contributed by atoms with Crippen LogP contribution in [0.5, 0.6) is 5.75 Å². The number of aromatic nitrogens is 1. The maximum absolute atomic E-state index is 13.2. The molecule has 142 valence electrons. The lowest BCUT2D eigenvalue weighted by molar-refractivity contribution is 0.320. The number of benzene rings is 1. The Hall–Kier alpha value is -1.21. The van der Waals surface area contributed by atoms with Crippen molar-refractivity contribution in [3.05, 3.63) is 62.9 Å². The van der Waals surface area contributed by atoms with Gasteiger partial charge in [0.2, 0.25) is 0 Å². The van der Waals surface area contributed by atoms with Gasteiger partial charge in [0.15, 0.2) is 0 Å². The van der Waals surface area contributed by atoms with Gasteiger partial charge in [0, 0.05) is 22.1 Å². The van der Waals surface area contributed by atoms with Gasteiger partial charge in [-0.1, -0.05) is 34.7 Å². The molecule has 1 aromatic carbocycles. The summed E-state index contributed by atoms with van der Waals surface area (Å²) in [6.07, 6.45) is 7.88. The number of rotatable bonds is 6. The van der Waals surface area contributed by atoms with E-state index in [0.29, 0.717) is 18.9 Å². The Labute approximate surface area is 177 Å². The van der Waals surface area contributed by atoms with Crippen molar-refractivity contribution in [2.45, 2.75) is 44.9 Å². The summed E-state index contributed by atoms with van der Waals surface area (Å²) in [6, 6.07) is 6.57. The molecule has 1 atom stereocenters. The number of hydrogen-bond donors (Lipinski definition) is 0. The highest BCUT2D eigenvalue weighted by Crippen LogP contribution is 2.36. The minimum atomic E-state index is -0.0418. The fraction of sp³-hybridized carbons (Fsp3) is 0.409. The molecule has 0 fully saturated rings. The topological polar surface area (TPSA) is 22.1 Å². The molecule has 0 N–H and O–H groups in total. The van der Waals surface area contributed by atoms with Gasteiger partial charge in [-0.25, -0.2) is 9.37 Å². The SMILES string of the molecule is Cc1sc(C2=CC=C(F)CC2)nc1CCOc1ccc2c(c1)CC[C@H]2CI. The largest absolute Gasteiger partial charge is 0.493 e. The summed E-state index contributed by atoms with van der Waals surface area (Å²) >= 11 is 4.18. The van der Waals surface area contributed by atoms with E-state index in [1.165, 1.54) is 33.3 Å². The Morgan fingerprint density at radius 3 is 2.93 bits per heavy atom. The quantitative estimate of drug-likeness (QED) is 0.334. The average molecular weight is 495 g/mol. The van der Waals surface area contributed by atoms with Crippen LogP contribution in [0.3, 0.4) is 0 Å². The zero-order chi connectivity index (χ0) is 18.8. The first-order valence-electron chi connectivity index (χ1n) is 9.47. The van der Waals surface area contributed by atoms with Crippen molar-refractivity contribution in [1.82, 2.24) is 4.98 Å². The number of hydrogen-bond acceptors (Lipinski definition) is 3. The van der Waals surface area contributed by atoms with Crippen LogP contribution in [-0.2, 0) is 12.8 Å². The number of allylic oxidation sites excluding steroid dienone is 4. The van der Waals surface area contributed by atoms with Crippen molar-refractivity contribution >= 4 is 39.5 Å². The highest BCUT2D eigenvalue weighted by molar-refractivity contribution is 14.1. The van der Waals surface area contributed by atoms with E-state index in [4.69, 9.17) is 9.72 Å². The van der Waals surface area contributed by atoms with E-state index in [1.807, 2.05) is 6.08 Å². The third kappa shape index (κ3) is 4.29. The molecule has 0 saturated heterocycles. The second-order valence-corrected chi connectivity index (χ2v) is 9.26. The molecule has 2 aromatic rings. The molecule has 27 heavy (non-hydrogen) atoms. The van der Waals surface area contributed by atoms with E-state index < -0.39 is 0 Å². The molecular formula is C22H23FINOS. The number of alkyl halides is 1. The lowest BCUT2D eigenvalue weighted by atomic mass is 10.0. The molecule has 0 unspecified atom stereocenters.